The van der Waals surface area contributed by atoms with Crippen molar-refractivity contribution >= 4 is 23.0 Å². The van der Waals surface area contributed by atoms with Gasteiger partial charge >= 0.3 is 0 Å². The number of anilines is 1. The highest BCUT2D eigenvalue weighted by Gasteiger charge is 2.30. The van der Waals surface area contributed by atoms with Crippen molar-refractivity contribution in [3.8, 4) is 0 Å². The van der Waals surface area contributed by atoms with E-state index in [1.807, 2.05) is 28.8 Å². The van der Waals surface area contributed by atoms with Crippen molar-refractivity contribution in [1.82, 2.24) is 14.5 Å². The lowest BCUT2D eigenvalue weighted by Crippen LogP contribution is -2.30. The Kier molecular flexibility index (Phi) is 5.11. The lowest BCUT2D eigenvalue weighted by Gasteiger charge is -2.29. The second kappa shape index (κ2) is 7.49. The quantitative estimate of drug-likeness (QED) is 0.578. The van der Waals surface area contributed by atoms with Gasteiger partial charge in [-0.3, -0.25) is 14.7 Å². The minimum Gasteiger partial charge on any atom is -0.385 e. The van der Waals surface area contributed by atoms with Gasteiger partial charge < -0.3 is 10.2 Å². The molecule has 3 N–H and O–H groups in total. The fraction of sp³-hybridized carbons (Fsp3) is 0.435. The fourth-order valence-electron chi connectivity index (χ4n) is 3.77. The number of rotatable bonds is 6. The first-order chi connectivity index (χ1) is 14.1. The molecule has 0 aliphatic heterocycles. The number of carbonyl (C=O) groups is 1. The van der Waals surface area contributed by atoms with E-state index >= 15 is 0 Å². The van der Waals surface area contributed by atoms with Crippen LogP contribution in [0.15, 0.2) is 42.5 Å². The first-order valence-corrected chi connectivity index (χ1v) is 10.3. The van der Waals surface area contributed by atoms with E-state index in [4.69, 9.17) is 0 Å². The number of nitrogens with zero attached hydrogens (tertiary/aromatic N) is 3. The summed E-state index contributed by atoms with van der Waals surface area (Å²) in [5, 5.41) is 24.0. The van der Waals surface area contributed by atoms with Crippen molar-refractivity contribution in [3.05, 3.63) is 53.7 Å². The molecular formula is C23H28N4O3. The Bertz CT molecular complexity index is 1060. The summed E-state index contributed by atoms with van der Waals surface area (Å²) < 4.78 is 1.96. The predicted octanol–water partition coefficient (Wildman–Crippen LogP) is 3.62. The lowest BCUT2D eigenvalue weighted by atomic mass is 9.92. The molecule has 1 saturated carbocycles. The van der Waals surface area contributed by atoms with E-state index in [1.54, 1.807) is 39.0 Å². The van der Waals surface area contributed by atoms with Gasteiger partial charge in [0.2, 0.25) is 11.9 Å². The summed E-state index contributed by atoms with van der Waals surface area (Å²) in [5.74, 6) is 0.117. The molecule has 7 nitrogen and oxygen atoms in total. The molecule has 158 valence electrons. The van der Waals surface area contributed by atoms with Crippen molar-refractivity contribution in [1.29, 1.82) is 0 Å². The van der Waals surface area contributed by atoms with Crippen LogP contribution in [0.5, 0.6) is 0 Å². The number of nitrogens with one attached hydrogen (secondary N) is 1. The summed E-state index contributed by atoms with van der Waals surface area (Å²) in [4.78, 5) is 22.0. The van der Waals surface area contributed by atoms with Crippen LogP contribution in [0, 0.1) is 0 Å². The van der Waals surface area contributed by atoms with Crippen LogP contribution in [-0.2, 0) is 16.0 Å². The minimum atomic E-state index is -1.29. The molecule has 1 fully saturated rings. The van der Waals surface area contributed by atoms with Gasteiger partial charge in [0.15, 0.2) is 5.65 Å². The number of hydrogen-bond donors (Lipinski definition) is 3. The molecule has 2 heterocycles. The van der Waals surface area contributed by atoms with Crippen LogP contribution in [0.4, 0.5) is 5.95 Å². The molecule has 0 radical (unpaired) electrons. The SMILES string of the molecule is CC(C)(O)c1ccc2nc(NC(=O)C[C@@](C)(O)c3ccccc3)n(C3CCC3)c2n1. The van der Waals surface area contributed by atoms with Crippen LogP contribution in [0.3, 0.4) is 0 Å². The summed E-state index contributed by atoms with van der Waals surface area (Å²) in [5.41, 5.74) is 0.208. The molecule has 1 aromatic carbocycles. The largest absolute Gasteiger partial charge is 0.385 e. The van der Waals surface area contributed by atoms with Gasteiger partial charge in [-0.05, 0) is 57.7 Å². The van der Waals surface area contributed by atoms with Gasteiger partial charge in [-0.25, -0.2) is 9.97 Å². The van der Waals surface area contributed by atoms with Crippen molar-refractivity contribution in [2.45, 2.75) is 63.7 Å². The van der Waals surface area contributed by atoms with Crippen LogP contribution in [0.2, 0.25) is 0 Å². The highest BCUT2D eigenvalue weighted by Crippen LogP contribution is 2.37. The Morgan fingerprint density at radius 1 is 1.10 bits per heavy atom. The first-order valence-electron chi connectivity index (χ1n) is 10.3. The molecule has 1 aliphatic rings. The molecule has 4 rings (SSSR count). The molecule has 0 saturated heterocycles. The van der Waals surface area contributed by atoms with E-state index in [-0.39, 0.29) is 18.4 Å². The number of carbonyl (C=O) groups excluding carboxylic acids is 1. The lowest BCUT2D eigenvalue weighted by molar-refractivity contribution is -0.120. The highest BCUT2D eigenvalue weighted by atomic mass is 16.3. The second-order valence-corrected chi connectivity index (χ2v) is 8.85. The van der Waals surface area contributed by atoms with Crippen LogP contribution in [-0.4, -0.2) is 30.7 Å². The molecule has 1 aliphatic carbocycles. The monoisotopic (exact) mass is 408 g/mol. The molecule has 1 amide bonds. The van der Waals surface area contributed by atoms with E-state index < -0.39 is 11.2 Å². The third kappa shape index (κ3) is 3.95. The third-order valence-electron chi connectivity index (χ3n) is 5.76. The fourth-order valence-corrected chi connectivity index (χ4v) is 3.77. The summed E-state index contributed by atoms with van der Waals surface area (Å²) in [6.45, 7) is 5.02. The van der Waals surface area contributed by atoms with Crippen molar-refractivity contribution in [2.75, 3.05) is 5.32 Å². The highest BCUT2D eigenvalue weighted by molar-refractivity contribution is 5.91. The Hall–Kier alpha value is -2.77. The van der Waals surface area contributed by atoms with E-state index in [0.29, 0.717) is 28.4 Å². The smallest absolute Gasteiger partial charge is 0.229 e. The van der Waals surface area contributed by atoms with Gasteiger partial charge in [-0.2, -0.15) is 0 Å². The maximum Gasteiger partial charge on any atom is 0.229 e. The second-order valence-electron chi connectivity index (χ2n) is 8.85. The van der Waals surface area contributed by atoms with Gasteiger partial charge in [0.25, 0.3) is 0 Å². The van der Waals surface area contributed by atoms with E-state index in [1.165, 1.54) is 0 Å². The van der Waals surface area contributed by atoms with E-state index in [0.717, 1.165) is 19.3 Å². The molecule has 30 heavy (non-hydrogen) atoms. The number of amides is 1. The van der Waals surface area contributed by atoms with Crippen LogP contribution >= 0.6 is 0 Å². The summed E-state index contributed by atoms with van der Waals surface area (Å²) in [6, 6.07) is 12.9. The van der Waals surface area contributed by atoms with Crippen LogP contribution in [0.1, 0.15) is 63.8 Å². The average Bonchev–Trinajstić information content (AvgIpc) is 2.97. The van der Waals surface area contributed by atoms with Gasteiger partial charge in [-0.15, -0.1) is 0 Å². The maximum absolute atomic E-state index is 12.8. The molecule has 2 aromatic heterocycles. The molecule has 1 atom stereocenters. The number of aliphatic hydroxyl groups is 2. The zero-order valence-electron chi connectivity index (χ0n) is 17.6. The summed E-state index contributed by atoms with van der Waals surface area (Å²) in [7, 11) is 0. The summed E-state index contributed by atoms with van der Waals surface area (Å²) in [6.07, 6.45) is 3.01. The van der Waals surface area contributed by atoms with Crippen molar-refractivity contribution in [2.24, 2.45) is 0 Å². The predicted molar refractivity (Wildman–Crippen MR) is 115 cm³/mol. The van der Waals surface area contributed by atoms with E-state index in [9.17, 15) is 15.0 Å². The van der Waals surface area contributed by atoms with Crippen LogP contribution < -0.4 is 5.32 Å². The number of benzene rings is 1. The normalized spacial score (nSPS) is 16.8. The van der Waals surface area contributed by atoms with Gasteiger partial charge in [0.1, 0.15) is 11.1 Å². The zero-order valence-corrected chi connectivity index (χ0v) is 17.6. The Labute approximate surface area is 175 Å². The molecule has 0 spiro atoms. The number of aromatic nitrogens is 3. The van der Waals surface area contributed by atoms with Gasteiger partial charge in [0, 0.05) is 6.04 Å². The minimum absolute atomic E-state index is 0.0900. The molecule has 7 heteroatoms. The number of hydrogen-bond acceptors (Lipinski definition) is 5. The van der Waals surface area contributed by atoms with Crippen molar-refractivity contribution in [3.63, 3.8) is 0 Å². The topological polar surface area (TPSA) is 100 Å². The van der Waals surface area contributed by atoms with Crippen molar-refractivity contribution < 1.29 is 15.0 Å². The number of imidazole rings is 1. The Morgan fingerprint density at radius 2 is 1.80 bits per heavy atom. The Morgan fingerprint density at radius 3 is 2.40 bits per heavy atom. The standard InChI is InChI=1S/C23H28N4O3/c1-22(2,29)18-13-12-17-20(25-18)27(16-10-7-11-16)21(24-17)26-19(28)14-23(3,30)15-8-5-4-6-9-15/h4-6,8-9,12-13,16,29-30H,7,10-11,14H2,1-3H3,(H,24,26,28)/t23-/m1/s1. The average molecular weight is 409 g/mol. The molecule has 0 bridgehead atoms. The zero-order chi connectivity index (χ0) is 21.5. The maximum atomic E-state index is 12.8. The molecule has 0 unspecified atom stereocenters. The summed E-state index contributed by atoms with van der Waals surface area (Å²) >= 11 is 0. The number of fused-ring (bicyclic) bond motifs is 1. The van der Waals surface area contributed by atoms with Gasteiger partial charge in [0.05, 0.1) is 17.7 Å². The first kappa shape index (κ1) is 20.5. The van der Waals surface area contributed by atoms with Gasteiger partial charge in [-0.1, -0.05) is 30.3 Å². The van der Waals surface area contributed by atoms with E-state index in [2.05, 4.69) is 15.3 Å². The Balaban J connectivity index is 1.64. The molecular weight excluding hydrogens is 380 g/mol. The number of pyridine rings is 1. The molecule has 3 aromatic rings. The third-order valence-corrected chi connectivity index (χ3v) is 5.76. The van der Waals surface area contributed by atoms with Crippen LogP contribution in [0.25, 0.3) is 11.2 Å².